The normalized spacial score (nSPS) is 27.0. The molecular formula is C19H21BrN2. The lowest BCUT2D eigenvalue weighted by Gasteiger charge is -2.41. The molecule has 2 bridgehead atoms. The van der Waals surface area contributed by atoms with Gasteiger partial charge in [0, 0.05) is 22.2 Å². The standard InChI is InChI=1S/C19H21BrN2/c20-15-5-1-4-13(9-15)19-14-7-8-16(22-19)10-12-3-2-6-18(21)17(12)11-14/h1-6,9,14,16,19,22H,7-8,10-11,21H2/t14-,16+,19+/m0/s1. The van der Waals surface area contributed by atoms with E-state index in [1.165, 1.54) is 29.5 Å². The zero-order valence-electron chi connectivity index (χ0n) is 12.6. The molecule has 0 unspecified atom stereocenters. The van der Waals surface area contributed by atoms with Crippen LogP contribution in [0.3, 0.4) is 0 Å². The van der Waals surface area contributed by atoms with Crippen LogP contribution in [0.5, 0.6) is 0 Å². The van der Waals surface area contributed by atoms with Gasteiger partial charge in [-0.25, -0.2) is 0 Å². The van der Waals surface area contributed by atoms with Gasteiger partial charge in [0.15, 0.2) is 0 Å². The molecule has 3 heteroatoms. The van der Waals surface area contributed by atoms with Gasteiger partial charge in [-0.15, -0.1) is 0 Å². The van der Waals surface area contributed by atoms with Gasteiger partial charge in [0.25, 0.3) is 0 Å². The van der Waals surface area contributed by atoms with Crippen molar-refractivity contribution in [1.29, 1.82) is 0 Å². The first kappa shape index (κ1) is 14.3. The second-order valence-corrected chi connectivity index (χ2v) is 7.54. The van der Waals surface area contributed by atoms with Crippen molar-refractivity contribution in [1.82, 2.24) is 5.32 Å². The van der Waals surface area contributed by atoms with E-state index in [0.717, 1.165) is 23.0 Å². The number of hydrogen-bond donors (Lipinski definition) is 2. The number of hydrogen-bond acceptors (Lipinski definition) is 2. The Hall–Kier alpha value is -1.32. The summed E-state index contributed by atoms with van der Waals surface area (Å²) in [5, 5.41) is 3.90. The lowest BCUT2D eigenvalue weighted by atomic mass is 9.75. The van der Waals surface area contributed by atoms with Gasteiger partial charge in [-0.3, -0.25) is 0 Å². The lowest BCUT2D eigenvalue weighted by molar-refractivity contribution is 0.221. The van der Waals surface area contributed by atoms with Crippen LogP contribution in [0.4, 0.5) is 5.69 Å². The smallest absolute Gasteiger partial charge is 0.0354 e. The summed E-state index contributed by atoms with van der Waals surface area (Å²) in [5.41, 5.74) is 11.5. The fraction of sp³-hybridized carbons (Fsp3) is 0.368. The van der Waals surface area contributed by atoms with Crippen LogP contribution in [0.15, 0.2) is 46.9 Å². The van der Waals surface area contributed by atoms with Gasteiger partial charge < -0.3 is 11.1 Å². The molecule has 0 amide bonds. The van der Waals surface area contributed by atoms with Crippen molar-refractivity contribution >= 4 is 21.6 Å². The first-order chi connectivity index (χ1) is 10.7. The summed E-state index contributed by atoms with van der Waals surface area (Å²) in [6.07, 6.45) is 4.72. The summed E-state index contributed by atoms with van der Waals surface area (Å²) in [5.74, 6) is 0.620. The molecule has 3 aliphatic rings. The maximum Gasteiger partial charge on any atom is 0.0354 e. The molecule has 2 aromatic rings. The molecule has 0 radical (unpaired) electrons. The Morgan fingerprint density at radius 3 is 2.77 bits per heavy atom. The van der Waals surface area contributed by atoms with Crippen LogP contribution in [0.25, 0.3) is 0 Å². The minimum atomic E-state index is 0.434. The maximum atomic E-state index is 6.27. The first-order valence-electron chi connectivity index (χ1n) is 8.08. The summed E-state index contributed by atoms with van der Waals surface area (Å²) in [6.45, 7) is 0. The maximum absolute atomic E-state index is 6.27. The molecule has 1 fully saturated rings. The zero-order valence-corrected chi connectivity index (χ0v) is 14.1. The number of nitrogen functional groups attached to an aromatic ring is 1. The highest BCUT2D eigenvalue weighted by Crippen LogP contribution is 2.39. The largest absolute Gasteiger partial charge is 0.398 e. The Bertz CT molecular complexity index is 698. The second kappa shape index (κ2) is 5.71. The molecule has 5 rings (SSSR count). The average molecular weight is 357 g/mol. The van der Waals surface area contributed by atoms with Crippen LogP contribution in [0.1, 0.15) is 35.6 Å². The number of anilines is 1. The highest BCUT2D eigenvalue weighted by molar-refractivity contribution is 9.10. The molecule has 3 atom stereocenters. The minimum Gasteiger partial charge on any atom is -0.398 e. The van der Waals surface area contributed by atoms with Gasteiger partial charge in [-0.2, -0.15) is 0 Å². The summed E-state index contributed by atoms with van der Waals surface area (Å²) in [7, 11) is 0. The van der Waals surface area contributed by atoms with Crippen LogP contribution >= 0.6 is 15.9 Å². The van der Waals surface area contributed by atoms with Gasteiger partial charge in [0.2, 0.25) is 0 Å². The number of rotatable bonds is 1. The predicted octanol–water partition coefficient (Wildman–Crippen LogP) is 4.24. The molecule has 2 heterocycles. The molecule has 3 N–H and O–H groups in total. The van der Waals surface area contributed by atoms with E-state index in [1.54, 1.807) is 0 Å². The number of benzene rings is 2. The number of nitrogens with two attached hydrogens (primary N) is 1. The van der Waals surface area contributed by atoms with Crippen LogP contribution in [-0.4, -0.2) is 6.04 Å². The first-order valence-corrected chi connectivity index (χ1v) is 8.88. The number of halogens is 1. The van der Waals surface area contributed by atoms with Crippen molar-refractivity contribution in [3.63, 3.8) is 0 Å². The molecule has 2 aromatic carbocycles. The summed E-state index contributed by atoms with van der Waals surface area (Å²) < 4.78 is 1.16. The second-order valence-electron chi connectivity index (χ2n) is 6.63. The van der Waals surface area contributed by atoms with E-state index >= 15 is 0 Å². The van der Waals surface area contributed by atoms with Crippen molar-refractivity contribution < 1.29 is 0 Å². The number of piperidine rings is 1. The average Bonchev–Trinajstić information content (AvgIpc) is 2.48. The van der Waals surface area contributed by atoms with E-state index in [0.29, 0.717) is 18.0 Å². The monoisotopic (exact) mass is 356 g/mol. The summed E-state index contributed by atoms with van der Waals surface area (Å²) in [4.78, 5) is 0. The molecular weight excluding hydrogens is 336 g/mol. The number of nitrogens with one attached hydrogen (secondary N) is 1. The molecule has 0 spiro atoms. The van der Waals surface area contributed by atoms with Gasteiger partial charge >= 0.3 is 0 Å². The molecule has 0 saturated carbocycles. The predicted molar refractivity (Wildman–Crippen MR) is 94.8 cm³/mol. The van der Waals surface area contributed by atoms with Crippen molar-refractivity contribution in [3.8, 4) is 0 Å². The van der Waals surface area contributed by atoms with Crippen molar-refractivity contribution in [3.05, 3.63) is 63.6 Å². The van der Waals surface area contributed by atoms with Gasteiger partial charge in [0.1, 0.15) is 0 Å². The van der Waals surface area contributed by atoms with E-state index in [-0.39, 0.29) is 0 Å². The summed E-state index contributed by atoms with van der Waals surface area (Å²) >= 11 is 3.61. The van der Waals surface area contributed by atoms with Crippen LogP contribution in [-0.2, 0) is 12.8 Å². The van der Waals surface area contributed by atoms with Crippen molar-refractivity contribution in [2.45, 2.75) is 37.8 Å². The molecule has 1 saturated heterocycles. The highest BCUT2D eigenvalue weighted by Gasteiger charge is 2.34. The van der Waals surface area contributed by atoms with Crippen molar-refractivity contribution in [2.75, 3.05) is 5.73 Å². The molecule has 2 nitrogen and oxygen atoms in total. The topological polar surface area (TPSA) is 38.0 Å². The van der Waals surface area contributed by atoms with Gasteiger partial charge in [-0.05, 0) is 66.5 Å². The molecule has 1 aliphatic carbocycles. The highest BCUT2D eigenvalue weighted by atomic mass is 79.9. The van der Waals surface area contributed by atoms with Crippen LogP contribution in [0.2, 0.25) is 0 Å². The zero-order chi connectivity index (χ0) is 15.1. The Morgan fingerprint density at radius 2 is 1.91 bits per heavy atom. The lowest BCUT2D eigenvalue weighted by Crippen LogP contribution is -2.45. The van der Waals surface area contributed by atoms with Gasteiger partial charge in [0.05, 0.1) is 0 Å². The molecule has 2 aliphatic heterocycles. The SMILES string of the molecule is Nc1cccc2c1C[C@@H]1CC[C@H](C2)N[C@@H]1c1cccc(Br)c1. The van der Waals surface area contributed by atoms with E-state index in [2.05, 4.69) is 63.7 Å². The molecule has 114 valence electrons. The molecule has 22 heavy (non-hydrogen) atoms. The quantitative estimate of drug-likeness (QED) is 0.750. The van der Waals surface area contributed by atoms with E-state index < -0.39 is 0 Å². The molecule has 0 aromatic heterocycles. The Morgan fingerprint density at radius 1 is 1.05 bits per heavy atom. The minimum absolute atomic E-state index is 0.434. The number of fused-ring (bicyclic) bond motifs is 2. The van der Waals surface area contributed by atoms with Gasteiger partial charge in [-0.1, -0.05) is 40.2 Å². The third-order valence-corrected chi connectivity index (χ3v) is 5.72. The van der Waals surface area contributed by atoms with E-state index in [4.69, 9.17) is 5.73 Å². The Labute approximate surface area is 140 Å². The van der Waals surface area contributed by atoms with E-state index in [9.17, 15) is 0 Å². The summed E-state index contributed by atoms with van der Waals surface area (Å²) in [6, 6.07) is 16.1. The third kappa shape index (κ3) is 2.57. The third-order valence-electron chi connectivity index (χ3n) is 5.22. The van der Waals surface area contributed by atoms with E-state index in [1.807, 2.05) is 0 Å². The Kier molecular flexibility index (Phi) is 3.71. The fourth-order valence-electron chi connectivity index (χ4n) is 4.13. The Balaban J connectivity index is 1.73. The van der Waals surface area contributed by atoms with Crippen LogP contribution < -0.4 is 11.1 Å². The van der Waals surface area contributed by atoms with Crippen LogP contribution in [0, 0.1) is 5.92 Å². The fourth-order valence-corrected chi connectivity index (χ4v) is 4.54. The van der Waals surface area contributed by atoms with Crippen molar-refractivity contribution in [2.24, 2.45) is 5.92 Å².